The van der Waals surface area contributed by atoms with Crippen molar-refractivity contribution >= 4 is 17.7 Å². The molecule has 0 unspecified atom stereocenters. The zero-order valence-electron chi connectivity index (χ0n) is 14.6. The summed E-state index contributed by atoms with van der Waals surface area (Å²) >= 11 is 1.36. The minimum atomic E-state index is -0.502. The molecular weight excluding hydrogens is 356 g/mol. The molecule has 0 atom stereocenters. The molecule has 0 fully saturated rings. The molecule has 0 spiro atoms. The van der Waals surface area contributed by atoms with Gasteiger partial charge in [-0.25, -0.2) is 4.79 Å². The second-order valence-corrected chi connectivity index (χ2v) is 6.46. The Kier molecular flexibility index (Phi) is 5.62. The van der Waals surface area contributed by atoms with Gasteiger partial charge in [-0.15, -0.1) is 10.2 Å². The zero-order chi connectivity index (χ0) is 18.5. The average molecular weight is 374 g/mol. The number of esters is 1. The summed E-state index contributed by atoms with van der Waals surface area (Å²) in [5, 5.41) is 8.38. The van der Waals surface area contributed by atoms with Crippen molar-refractivity contribution in [1.82, 2.24) is 10.2 Å². The van der Waals surface area contributed by atoms with E-state index >= 15 is 0 Å². The van der Waals surface area contributed by atoms with E-state index in [1.54, 1.807) is 13.0 Å². The van der Waals surface area contributed by atoms with E-state index in [4.69, 9.17) is 13.6 Å². The molecule has 0 N–H and O–H groups in total. The lowest BCUT2D eigenvalue weighted by Gasteiger charge is -2.02. The van der Waals surface area contributed by atoms with E-state index in [0.29, 0.717) is 22.6 Å². The standard InChI is InChI=1S/C18H18N2O5S/c1-11-4-6-14(7-5-11)23-9-16-19-20-18(25-16)26-10-13-8-15(17(21)22-3)24-12(13)2/h4-8H,9-10H2,1-3H3. The van der Waals surface area contributed by atoms with Gasteiger partial charge in [-0.05, 0) is 32.0 Å². The van der Waals surface area contributed by atoms with Gasteiger partial charge >= 0.3 is 5.97 Å². The minimum absolute atomic E-state index is 0.179. The molecule has 2 heterocycles. The fourth-order valence-corrected chi connectivity index (χ4v) is 2.96. The average Bonchev–Trinajstić information content (AvgIpc) is 3.25. The summed E-state index contributed by atoms with van der Waals surface area (Å²) in [4.78, 5) is 11.5. The van der Waals surface area contributed by atoms with E-state index in [0.717, 1.165) is 11.3 Å². The van der Waals surface area contributed by atoms with Gasteiger partial charge in [0, 0.05) is 11.3 Å². The second-order valence-electron chi connectivity index (χ2n) is 5.54. The molecule has 0 aliphatic heterocycles. The van der Waals surface area contributed by atoms with Crippen LogP contribution in [-0.4, -0.2) is 23.3 Å². The Balaban J connectivity index is 1.54. The maximum atomic E-state index is 11.5. The first-order chi connectivity index (χ1) is 12.5. The summed E-state index contributed by atoms with van der Waals surface area (Å²) in [6.45, 7) is 4.01. The van der Waals surface area contributed by atoms with Crippen LogP contribution in [-0.2, 0) is 17.1 Å². The van der Waals surface area contributed by atoms with Gasteiger partial charge in [-0.1, -0.05) is 29.5 Å². The number of nitrogens with zero attached hydrogens (tertiary/aromatic N) is 2. The third kappa shape index (κ3) is 4.45. The first-order valence-electron chi connectivity index (χ1n) is 7.87. The number of ether oxygens (including phenoxy) is 2. The number of hydrogen-bond donors (Lipinski definition) is 0. The molecule has 3 aromatic rings. The quantitative estimate of drug-likeness (QED) is 0.454. The lowest BCUT2D eigenvalue weighted by atomic mass is 10.2. The first kappa shape index (κ1) is 18.1. The largest absolute Gasteiger partial charge is 0.484 e. The van der Waals surface area contributed by atoms with E-state index in [1.807, 2.05) is 31.2 Å². The number of aromatic nitrogens is 2. The van der Waals surface area contributed by atoms with Crippen molar-refractivity contribution in [3.8, 4) is 5.75 Å². The zero-order valence-corrected chi connectivity index (χ0v) is 15.5. The summed E-state index contributed by atoms with van der Waals surface area (Å²) in [6, 6.07) is 9.39. The summed E-state index contributed by atoms with van der Waals surface area (Å²) in [5.41, 5.74) is 2.03. The van der Waals surface area contributed by atoms with Crippen LogP contribution in [0.25, 0.3) is 0 Å². The van der Waals surface area contributed by atoms with E-state index in [-0.39, 0.29) is 12.4 Å². The molecule has 8 heteroatoms. The van der Waals surface area contributed by atoms with E-state index in [1.165, 1.54) is 24.4 Å². The molecule has 0 saturated heterocycles. The highest BCUT2D eigenvalue weighted by atomic mass is 32.2. The maximum Gasteiger partial charge on any atom is 0.373 e. The summed E-state index contributed by atoms with van der Waals surface area (Å²) < 4.78 is 21.2. The van der Waals surface area contributed by atoms with E-state index in [9.17, 15) is 4.79 Å². The molecule has 0 aliphatic carbocycles. The monoisotopic (exact) mass is 374 g/mol. The van der Waals surface area contributed by atoms with Gasteiger partial charge in [-0.3, -0.25) is 0 Å². The maximum absolute atomic E-state index is 11.5. The van der Waals surface area contributed by atoms with Crippen LogP contribution in [0.3, 0.4) is 0 Å². The van der Waals surface area contributed by atoms with Crippen molar-refractivity contribution in [3.05, 3.63) is 58.9 Å². The predicted molar refractivity (Wildman–Crippen MR) is 94.2 cm³/mol. The van der Waals surface area contributed by atoms with Crippen molar-refractivity contribution in [1.29, 1.82) is 0 Å². The number of thioether (sulfide) groups is 1. The van der Waals surface area contributed by atoms with Crippen LogP contribution >= 0.6 is 11.8 Å². The molecule has 136 valence electrons. The Labute approximate surface area is 154 Å². The normalized spacial score (nSPS) is 10.7. The number of rotatable bonds is 7. The Morgan fingerprint density at radius 1 is 1.15 bits per heavy atom. The van der Waals surface area contributed by atoms with Gasteiger partial charge in [0.2, 0.25) is 5.76 Å². The molecule has 26 heavy (non-hydrogen) atoms. The topological polar surface area (TPSA) is 87.6 Å². The number of hydrogen-bond acceptors (Lipinski definition) is 8. The molecule has 7 nitrogen and oxygen atoms in total. The van der Waals surface area contributed by atoms with Crippen molar-refractivity contribution in [2.75, 3.05) is 7.11 Å². The third-order valence-corrected chi connectivity index (χ3v) is 4.46. The van der Waals surface area contributed by atoms with Crippen molar-refractivity contribution < 1.29 is 23.1 Å². The van der Waals surface area contributed by atoms with Crippen molar-refractivity contribution in [2.24, 2.45) is 0 Å². The van der Waals surface area contributed by atoms with E-state index < -0.39 is 5.97 Å². The summed E-state index contributed by atoms with van der Waals surface area (Å²) in [7, 11) is 1.31. The van der Waals surface area contributed by atoms with Gasteiger partial charge in [0.1, 0.15) is 11.5 Å². The molecular formula is C18H18N2O5S. The molecule has 0 radical (unpaired) electrons. The summed E-state index contributed by atoms with van der Waals surface area (Å²) in [6.07, 6.45) is 0. The number of furan rings is 1. The smallest absolute Gasteiger partial charge is 0.373 e. The fourth-order valence-electron chi connectivity index (χ4n) is 2.14. The number of aryl methyl sites for hydroxylation is 2. The van der Waals surface area contributed by atoms with Crippen LogP contribution in [0.15, 0.2) is 44.4 Å². The fraction of sp³-hybridized carbons (Fsp3) is 0.278. The van der Waals surface area contributed by atoms with Gasteiger partial charge in [0.05, 0.1) is 7.11 Å². The highest BCUT2D eigenvalue weighted by molar-refractivity contribution is 7.98. The molecule has 0 bridgehead atoms. The lowest BCUT2D eigenvalue weighted by Crippen LogP contribution is -1.98. The van der Waals surface area contributed by atoms with Crippen molar-refractivity contribution in [2.45, 2.75) is 31.4 Å². The Hall–Kier alpha value is -2.74. The molecule has 2 aromatic heterocycles. The van der Waals surface area contributed by atoms with Crippen LogP contribution in [0.2, 0.25) is 0 Å². The Morgan fingerprint density at radius 3 is 2.65 bits per heavy atom. The number of benzene rings is 1. The number of carbonyl (C=O) groups excluding carboxylic acids is 1. The van der Waals surface area contributed by atoms with Crippen LogP contribution in [0.4, 0.5) is 0 Å². The molecule has 0 saturated carbocycles. The van der Waals surface area contributed by atoms with Crippen LogP contribution < -0.4 is 4.74 Å². The van der Waals surface area contributed by atoms with Crippen molar-refractivity contribution in [3.63, 3.8) is 0 Å². The molecule has 1 aromatic carbocycles. The van der Waals surface area contributed by atoms with Gasteiger partial charge in [0.15, 0.2) is 6.61 Å². The number of methoxy groups -OCH3 is 1. The third-order valence-electron chi connectivity index (χ3n) is 3.59. The van der Waals surface area contributed by atoms with Gasteiger partial charge in [0.25, 0.3) is 11.1 Å². The van der Waals surface area contributed by atoms with Crippen LogP contribution in [0, 0.1) is 13.8 Å². The molecule has 0 amide bonds. The van der Waals surface area contributed by atoms with Gasteiger partial charge < -0.3 is 18.3 Å². The van der Waals surface area contributed by atoms with E-state index in [2.05, 4.69) is 14.9 Å². The Morgan fingerprint density at radius 2 is 1.92 bits per heavy atom. The predicted octanol–water partition coefficient (Wildman–Crippen LogP) is 3.94. The molecule has 3 rings (SSSR count). The SMILES string of the molecule is COC(=O)c1cc(CSc2nnc(COc3ccc(C)cc3)o2)c(C)o1. The highest BCUT2D eigenvalue weighted by Crippen LogP contribution is 2.26. The minimum Gasteiger partial charge on any atom is -0.484 e. The van der Waals surface area contributed by atoms with Gasteiger partial charge in [-0.2, -0.15) is 0 Å². The number of carbonyl (C=O) groups is 1. The highest BCUT2D eigenvalue weighted by Gasteiger charge is 2.16. The second kappa shape index (κ2) is 8.09. The van der Waals surface area contributed by atoms with Crippen LogP contribution in [0.1, 0.15) is 33.3 Å². The first-order valence-corrected chi connectivity index (χ1v) is 8.86. The molecule has 0 aliphatic rings. The summed E-state index contributed by atoms with van der Waals surface area (Å²) in [5.74, 6) is 2.00. The van der Waals surface area contributed by atoms with Crippen LogP contribution in [0.5, 0.6) is 5.75 Å². The Bertz CT molecular complexity index is 885. The lowest BCUT2D eigenvalue weighted by molar-refractivity contribution is 0.0563.